The van der Waals surface area contributed by atoms with E-state index in [0.717, 1.165) is 5.56 Å². The molecule has 0 saturated heterocycles. The van der Waals surface area contributed by atoms with E-state index in [1.165, 1.54) is 16.4 Å². The van der Waals surface area contributed by atoms with Crippen molar-refractivity contribution in [3.05, 3.63) is 65.7 Å². The van der Waals surface area contributed by atoms with E-state index in [-0.39, 0.29) is 17.1 Å². The highest BCUT2D eigenvalue weighted by atomic mass is 32.2. The van der Waals surface area contributed by atoms with Gasteiger partial charge in [0.2, 0.25) is 10.0 Å². The van der Waals surface area contributed by atoms with Gasteiger partial charge in [-0.1, -0.05) is 50.2 Å². The Morgan fingerprint density at radius 3 is 2.36 bits per heavy atom. The SMILES string of the molecule is CCN(CC)S(=O)(=O)c1cccc(C(=O)NOCc2ccccc2)c1. The van der Waals surface area contributed by atoms with Crippen molar-refractivity contribution in [2.24, 2.45) is 0 Å². The topological polar surface area (TPSA) is 75.7 Å². The second kappa shape index (κ2) is 8.75. The summed E-state index contributed by atoms with van der Waals surface area (Å²) in [7, 11) is -3.61. The maximum atomic E-state index is 12.5. The van der Waals surface area contributed by atoms with Gasteiger partial charge >= 0.3 is 0 Å². The van der Waals surface area contributed by atoms with Crippen LogP contribution >= 0.6 is 0 Å². The zero-order valence-corrected chi connectivity index (χ0v) is 15.1. The quantitative estimate of drug-likeness (QED) is 0.733. The van der Waals surface area contributed by atoms with E-state index in [1.807, 2.05) is 30.3 Å². The number of carbonyl (C=O) groups is 1. The van der Waals surface area contributed by atoms with Crippen LogP contribution in [0, 0.1) is 0 Å². The molecular weight excluding hydrogens is 340 g/mol. The third-order valence-corrected chi connectivity index (χ3v) is 5.73. The van der Waals surface area contributed by atoms with E-state index in [0.29, 0.717) is 13.1 Å². The lowest BCUT2D eigenvalue weighted by Crippen LogP contribution is -2.31. The smallest absolute Gasteiger partial charge is 0.269 e. The molecule has 0 saturated carbocycles. The molecule has 0 aliphatic rings. The molecule has 2 rings (SSSR count). The van der Waals surface area contributed by atoms with E-state index < -0.39 is 15.9 Å². The first-order chi connectivity index (χ1) is 12.0. The maximum absolute atomic E-state index is 12.5. The Hall–Kier alpha value is -2.22. The van der Waals surface area contributed by atoms with Crippen LogP contribution in [0.3, 0.4) is 0 Å². The summed E-state index contributed by atoms with van der Waals surface area (Å²) in [6.45, 7) is 4.51. The third-order valence-electron chi connectivity index (χ3n) is 3.69. The lowest BCUT2D eigenvalue weighted by Gasteiger charge is -2.18. The zero-order valence-electron chi connectivity index (χ0n) is 14.3. The summed E-state index contributed by atoms with van der Waals surface area (Å²) < 4.78 is 26.4. The Morgan fingerprint density at radius 2 is 1.72 bits per heavy atom. The first kappa shape index (κ1) is 19.1. The van der Waals surface area contributed by atoms with E-state index in [1.54, 1.807) is 26.0 Å². The summed E-state index contributed by atoms with van der Waals surface area (Å²) >= 11 is 0. The molecule has 0 spiro atoms. The summed E-state index contributed by atoms with van der Waals surface area (Å²) in [6.07, 6.45) is 0. The number of rotatable bonds is 8. The van der Waals surface area contributed by atoms with Gasteiger partial charge in [-0.3, -0.25) is 9.63 Å². The molecule has 2 aromatic carbocycles. The molecule has 0 bridgehead atoms. The Labute approximate surface area is 148 Å². The summed E-state index contributed by atoms with van der Waals surface area (Å²) in [4.78, 5) is 17.5. The predicted molar refractivity (Wildman–Crippen MR) is 95.2 cm³/mol. The van der Waals surface area contributed by atoms with Crippen molar-refractivity contribution in [3.63, 3.8) is 0 Å². The molecule has 6 nitrogen and oxygen atoms in total. The van der Waals surface area contributed by atoms with Gasteiger partial charge in [-0.25, -0.2) is 13.9 Å². The van der Waals surface area contributed by atoms with Crippen molar-refractivity contribution in [2.75, 3.05) is 13.1 Å². The van der Waals surface area contributed by atoms with Crippen LogP contribution < -0.4 is 5.48 Å². The van der Waals surface area contributed by atoms with Gasteiger partial charge in [0.15, 0.2) is 0 Å². The van der Waals surface area contributed by atoms with Crippen LogP contribution in [0.1, 0.15) is 29.8 Å². The summed E-state index contributed by atoms with van der Waals surface area (Å²) in [5.41, 5.74) is 3.48. The molecule has 7 heteroatoms. The van der Waals surface area contributed by atoms with Crippen LogP contribution in [0.4, 0.5) is 0 Å². The molecular formula is C18H22N2O4S. The van der Waals surface area contributed by atoms with Gasteiger partial charge in [0.1, 0.15) is 0 Å². The lowest BCUT2D eigenvalue weighted by molar-refractivity contribution is 0.0233. The number of benzene rings is 2. The largest absolute Gasteiger partial charge is 0.274 e. The fourth-order valence-electron chi connectivity index (χ4n) is 2.33. The van der Waals surface area contributed by atoms with Gasteiger partial charge in [0.25, 0.3) is 5.91 Å². The van der Waals surface area contributed by atoms with Crippen LogP contribution in [0.15, 0.2) is 59.5 Å². The molecule has 0 fully saturated rings. The monoisotopic (exact) mass is 362 g/mol. The van der Waals surface area contributed by atoms with E-state index in [9.17, 15) is 13.2 Å². The molecule has 25 heavy (non-hydrogen) atoms. The van der Waals surface area contributed by atoms with Gasteiger partial charge in [0, 0.05) is 18.7 Å². The zero-order chi connectivity index (χ0) is 18.3. The highest BCUT2D eigenvalue weighted by Gasteiger charge is 2.22. The number of hydrogen-bond donors (Lipinski definition) is 1. The molecule has 0 aliphatic carbocycles. The first-order valence-corrected chi connectivity index (χ1v) is 9.49. The fraction of sp³-hybridized carbons (Fsp3) is 0.278. The first-order valence-electron chi connectivity index (χ1n) is 8.05. The molecule has 0 aliphatic heterocycles. The van der Waals surface area contributed by atoms with Crippen molar-refractivity contribution in [1.82, 2.24) is 9.79 Å². The second-order valence-electron chi connectivity index (χ2n) is 5.32. The Kier molecular flexibility index (Phi) is 6.69. The van der Waals surface area contributed by atoms with Crippen molar-refractivity contribution < 1.29 is 18.0 Å². The Morgan fingerprint density at radius 1 is 1.04 bits per heavy atom. The minimum atomic E-state index is -3.61. The Balaban J connectivity index is 2.06. The van der Waals surface area contributed by atoms with Gasteiger partial charge in [-0.2, -0.15) is 4.31 Å². The van der Waals surface area contributed by atoms with E-state index in [4.69, 9.17) is 4.84 Å². The average molecular weight is 362 g/mol. The molecule has 0 heterocycles. The van der Waals surface area contributed by atoms with Crippen molar-refractivity contribution >= 4 is 15.9 Å². The second-order valence-corrected chi connectivity index (χ2v) is 7.26. The molecule has 1 amide bonds. The number of carbonyl (C=O) groups excluding carboxylic acids is 1. The van der Waals surface area contributed by atoms with Crippen LogP contribution in [-0.2, 0) is 21.5 Å². The molecule has 134 valence electrons. The lowest BCUT2D eigenvalue weighted by atomic mass is 10.2. The maximum Gasteiger partial charge on any atom is 0.274 e. The number of sulfonamides is 1. The molecule has 0 radical (unpaired) electrons. The van der Waals surface area contributed by atoms with Crippen molar-refractivity contribution in [1.29, 1.82) is 0 Å². The standard InChI is InChI=1S/C18H22N2O4S/c1-3-20(4-2)25(22,23)17-12-8-11-16(13-17)18(21)19-24-14-15-9-6-5-7-10-15/h5-13H,3-4,14H2,1-2H3,(H,19,21). The van der Waals surface area contributed by atoms with Crippen molar-refractivity contribution in [2.45, 2.75) is 25.3 Å². The average Bonchev–Trinajstić information content (AvgIpc) is 2.63. The van der Waals surface area contributed by atoms with E-state index >= 15 is 0 Å². The number of nitrogens with one attached hydrogen (secondary N) is 1. The number of nitrogens with zero attached hydrogens (tertiary/aromatic N) is 1. The van der Waals surface area contributed by atoms with Gasteiger partial charge in [-0.05, 0) is 23.8 Å². The Bertz CT molecular complexity index is 803. The van der Waals surface area contributed by atoms with Crippen LogP contribution in [0.2, 0.25) is 0 Å². The van der Waals surface area contributed by atoms with Gasteiger partial charge in [-0.15, -0.1) is 0 Å². The minimum absolute atomic E-state index is 0.0897. The third kappa shape index (κ3) is 4.88. The van der Waals surface area contributed by atoms with Gasteiger partial charge < -0.3 is 0 Å². The summed E-state index contributed by atoms with van der Waals surface area (Å²) in [6, 6.07) is 15.3. The summed E-state index contributed by atoms with van der Waals surface area (Å²) in [5.74, 6) is -0.493. The molecule has 0 atom stereocenters. The van der Waals surface area contributed by atoms with Gasteiger partial charge in [0.05, 0.1) is 11.5 Å². The van der Waals surface area contributed by atoms with Crippen LogP contribution in [0.25, 0.3) is 0 Å². The fourth-order valence-corrected chi connectivity index (χ4v) is 3.83. The number of hydrogen-bond acceptors (Lipinski definition) is 4. The normalized spacial score (nSPS) is 11.5. The molecule has 2 aromatic rings. The summed E-state index contributed by atoms with van der Waals surface area (Å²) in [5, 5.41) is 0. The predicted octanol–water partition coefficient (Wildman–Crippen LogP) is 2.58. The number of hydroxylamine groups is 1. The molecule has 0 unspecified atom stereocenters. The van der Waals surface area contributed by atoms with Crippen LogP contribution in [-0.4, -0.2) is 31.7 Å². The highest BCUT2D eigenvalue weighted by Crippen LogP contribution is 2.17. The highest BCUT2D eigenvalue weighted by molar-refractivity contribution is 7.89. The van der Waals surface area contributed by atoms with E-state index in [2.05, 4.69) is 5.48 Å². The molecule has 1 N–H and O–H groups in total. The molecule has 0 aromatic heterocycles. The van der Waals surface area contributed by atoms with Crippen molar-refractivity contribution in [3.8, 4) is 0 Å². The van der Waals surface area contributed by atoms with Crippen LogP contribution in [0.5, 0.6) is 0 Å². The number of amides is 1. The minimum Gasteiger partial charge on any atom is -0.269 e.